The molecule has 0 spiro atoms. The molecule has 2 N–H and O–H groups in total. The van der Waals surface area contributed by atoms with Crippen molar-refractivity contribution < 1.29 is 13.9 Å². The third kappa shape index (κ3) is 3.35. The second-order valence-electron chi connectivity index (χ2n) is 2.92. The van der Waals surface area contributed by atoms with Crippen LogP contribution in [-0.4, -0.2) is 39.2 Å². The Balaban J connectivity index is 2.22. The summed E-state index contributed by atoms with van der Waals surface area (Å²) < 4.78 is 25.2. The van der Waals surface area contributed by atoms with Crippen LogP contribution >= 0.6 is 0 Å². The molecule has 0 aromatic carbocycles. The number of hydrogen-bond donors (Lipinski definition) is 2. The number of nitrogens with one attached hydrogen (secondary N) is 1. The highest BCUT2D eigenvalue weighted by molar-refractivity contribution is 4.90. The Labute approximate surface area is 79.7 Å². The Hall–Kier alpha value is -1.08. The SMILES string of the molecule is Cn1cc(CNCC(O)C(F)F)nn1. The van der Waals surface area contributed by atoms with Crippen molar-refractivity contribution in [3.05, 3.63) is 11.9 Å². The Morgan fingerprint density at radius 2 is 2.36 bits per heavy atom. The summed E-state index contributed by atoms with van der Waals surface area (Å²) in [7, 11) is 1.71. The molecule has 7 heteroatoms. The fourth-order valence-corrected chi connectivity index (χ4v) is 0.913. The molecule has 1 aromatic heterocycles. The Kier molecular flexibility index (Phi) is 3.90. The van der Waals surface area contributed by atoms with E-state index in [0.29, 0.717) is 12.2 Å². The first-order valence-corrected chi connectivity index (χ1v) is 4.11. The monoisotopic (exact) mass is 206 g/mol. The van der Waals surface area contributed by atoms with Gasteiger partial charge in [-0.05, 0) is 0 Å². The predicted molar refractivity (Wildman–Crippen MR) is 44.7 cm³/mol. The lowest BCUT2D eigenvalue weighted by Gasteiger charge is -2.08. The number of nitrogens with zero attached hydrogens (tertiary/aromatic N) is 3. The molecule has 0 aliphatic carbocycles. The van der Waals surface area contributed by atoms with Crippen molar-refractivity contribution in [2.75, 3.05) is 6.54 Å². The molecular formula is C7H12F2N4O. The molecule has 0 bridgehead atoms. The molecule has 14 heavy (non-hydrogen) atoms. The minimum Gasteiger partial charge on any atom is -0.386 e. The topological polar surface area (TPSA) is 63.0 Å². The third-order valence-electron chi connectivity index (χ3n) is 1.60. The predicted octanol–water partition coefficient (Wildman–Crippen LogP) is -0.469. The lowest BCUT2D eigenvalue weighted by Crippen LogP contribution is -2.31. The molecule has 0 amide bonds. The largest absolute Gasteiger partial charge is 0.386 e. The van der Waals surface area contributed by atoms with Crippen molar-refractivity contribution in [3.8, 4) is 0 Å². The van der Waals surface area contributed by atoms with E-state index < -0.39 is 12.5 Å². The van der Waals surface area contributed by atoms with Crippen LogP contribution in [0.3, 0.4) is 0 Å². The van der Waals surface area contributed by atoms with Crippen LogP contribution in [0, 0.1) is 0 Å². The minimum absolute atomic E-state index is 0.158. The molecule has 0 saturated carbocycles. The van der Waals surface area contributed by atoms with Gasteiger partial charge in [-0.3, -0.25) is 4.68 Å². The zero-order valence-corrected chi connectivity index (χ0v) is 7.69. The zero-order chi connectivity index (χ0) is 10.6. The molecule has 0 aliphatic heterocycles. The van der Waals surface area contributed by atoms with Gasteiger partial charge < -0.3 is 10.4 Å². The second-order valence-corrected chi connectivity index (χ2v) is 2.92. The summed E-state index contributed by atoms with van der Waals surface area (Å²) in [5.74, 6) is 0. The first-order valence-electron chi connectivity index (χ1n) is 4.11. The van der Waals surface area contributed by atoms with Crippen LogP contribution in [0.1, 0.15) is 5.69 Å². The lowest BCUT2D eigenvalue weighted by atomic mass is 10.3. The van der Waals surface area contributed by atoms with Crippen LogP contribution in [0.15, 0.2) is 6.20 Å². The zero-order valence-electron chi connectivity index (χ0n) is 7.69. The van der Waals surface area contributed by atoms with E-state index in [0.717, 1.165) is 0 Å². The van der Waals surface area contributed by atoms with Gasteiger partial charge in [-0.2, -0.15) is 0 Å². The van der Waals surface area contributed by atoms with Gasteiger partial charge in [0.1, 0.15) is 6.10 Å². The molecule has 0 fully saturated rings. The number of aromatic nitrogens is 3. The molecule has 0 aliphatic rings. The van der Waals surface area contributed by atoms with Crippen molar-refractivity contribution in [3.63, 3.8) is 0 Å². The van der Waals surface area contributed by atoms with E-state index in [2.05, 4.69) is 15.6 Å². The van der Waals surface area contributed by atoms with Crippen LogP contribution in [0.5, 0.6) is 0 Å². The van der Waals surface area contributed by atoms with Crippen molar-refractivity contribution >= 4 is 0 Å². The Bertz CT molecular complexity index is 278. The first-order chi connectivity index (χ1) is 6.59. The van der Waals surface area contributed by atoms with Gasteiger partial charge in [0.05, 0.1) is 5.69 Å². The maximum absolute atomic E-state index is 11.8. The second kappa shape index (κ2) is 4.97. The summed E-state index contributed by atoms with van der Waals surface area (Å²) in [5.41, 5.74) is 0.647. The number of rotatable bonds is 5. The summed E-state index contributed by atoms with van der Waals surface area (Å²) in [4.78, 5) is 0. The molecule has 0 saturated heterocycles. The van der Waals surface area contributed by atoms with Gasteiger partial charge in [0.25, 0.3) is 6.43 Å². The van der Waals surface area contributed by atoms with Crippen LogP contribution in [0.25, 0.3) is 0 Å². The summed E-state index contributed by atoms with van der Waals surface area (Å²) >= 11 is 0. The molecule has 5 nitrogen and oxygen atoms in total. The van der Waals surface area contributed by atoms with Crippen LogP contribution < -0.4 is 5.32 Å². The van der Waals surface area contributed by atoms with Crippen molar-refractivity contribution in [1.29, 1.82) is 0 Å². The van der Waals surface area contributed by atoms with E-state index in [1.54, 1.807) is 13.2 Å². The molecule has 1 rings (SSSR count). The van der Waals surface area contributed by atoms with Crippen LogP contribution in [0.2, 0.25) is 0 Å². The highest BCUT2D eigenvalue weighted by atomic mass is 19.3. The fraction of sp³-hybridized carbons (Fsp3) is 0.714. The quantitative estimate of drug-likeness (QED) is 0.683. The molecule has 0 radical (unpaired) electrons. The van der Waals surface area contributed by atoms with Crippen LogP contribution in [-0.2, 0) is 13.6 Å². The highest BCUT2D eigenvalue weighted by Crippen LogP contribution is 1.99. The number of hydrogen-bond acceptors (Lipinski definition) is 4. The van der Waals surface area contributed by atoms with E-state index >= 15 is 0 Å². The van der Waals surface area contributed by atoms with Crippen LogP contribution in [0.4, 0.5) is 8.78 Å². The van der Waals surface area contributed by atoms with Crippen molar-refractivity contribution in [1.82, 2.24) is 20.3 Å². The maximum Gasteiger partial charge on any atom is 0.265 e. The molecule has 1 heterocycles. The Morgan fingerprint density at radius 3 is 2.86 bits per heavy atom. The van der Waals surface area contributed by atoms with Gasteiger partial charge in [0.2, 0.25) is 0 Å². The van der Waals surface area contributed by atoms with Crippen molar-refractivity contribution in [2.24, 2.45) is 7.05 Å². The van der Waals surface area contributed by atoms with Gasteiger partial charge in [0.15, 0.2) is 0 Å². The molecule has 80 valence electrons. The molecular weight excluding hydrogens is 194 g/mol. The summed E-state index contributed by atoms with van der Waals surface area (Å²) in [6, 6.07) is 0. The van der Waals surface area contributed by atoms with Gasteiger partial charge in [-0.25, -0.2) is 8.78 Å². The van der Waals surface area contributed by atoms with E-state index in [4.69, 9.17) is 5.11 Å². The third-order valence-corrected chi connectivity index (χ3v) is 1.60. The number of aryl methyl sites for hydroxylation is 1. The van der Waals surface area contributed by atoms with E-state index in [1.807, 2.05) is 0 Å². The normalized spacial score (nSPS) is 13.5. The van der Waals surface area contributed by atoms with Crippen molar-refractivity contribution in [2.45, 2.75) is 19.1 Å². The van der Waals surface area contributed by atoms with Gasteiger partial charge >= 0.3 is 0 Å². The molecule has 1 aromatic rings. The Morgan fingerprint density at radius 1 is 1.64 bits per heavy atom. The number of aliphatic hydroxyl groups is 1. The summed E-state index contributed by atoms with van der Waals surface area (Å²) in [6.07, 6.45) is -2.68. The average Bonchev–Trinajstić information content (AvgIpc) is 2.51. The van der Waals surface area contributed by atoms with E-state index in [1.165, 1.54) is 4.68 Å². The average molecular weight is 206 g/mol. The summed E-state index contributed by atoms with van der Waals surface area (Å²) in [5, 5.41) is 18.8. The minimum atomic E-state index is -2.72. The van der Waals surface area contributed by atoms with E-state index in [-0.39, 0.29) is 6.54 Å². The number of aliphatic hydroxyl groups excluding tert-OH is 1. The molecule has 1 unspecified atom stereocenters. The lowest BCUT2D eigenvalue weighted by molar-refractivity contribution is -0.00344. The maximum atomic E-state index is 11.8. The number of halogens is 2. The number of alkyl halides is 2. The standard InChI is InChI=1S/C7H12F2N4O/c1-13-4-5(11-12-13)2-10-3-6(14)7(8)9/h4,6-7,10,14H,2-3H2,1H3. The first kappa shape index (κ1) is 11.0. The van der Waals surface area contributed by atoms with Gasteiger partial charge in [-0.1, -0.05) is 5.21 Å². The van der Waals surface area contributed by atoms with Gasteiger partial charge in [0, 0.05) is 26.3 Å². The highest BCUT2D eigenvalue weighted by Gasteiger charge is 2.15. The molecule has 1 atom stereocenters. The summed E-state index contributed by atoms with van der Waals surface area (Å²) in [6.45, 7) is 0.159. The van der Waals surface area contributed by atoms with E-state index in [9.17, 15) is 8.78 Å². The smallest absolute Gasteiger partial charge is 0.265 e. The fourth-order valence-electron chi connectivity index (χ4n) is 0.913. The van der Waals surface area contributed by atoms with Gasteiger partial charge in [-0.15, -0.1) is 5.10 Å².